The molecule has 0 atom stereocenters. The van der Waals surface area contributed by atoms with Crippen molar-refractivity contribution in [2.24, 2.45) is 0 Å². The third-order valence-corrected chi connectivity index (χ3v) is 3.05. The predicted molar refractivity (Wildman–Crippen MR) is 67.7 cm³/mol. The molecular formula is C9H11BrN2O2S. The van der Waals surface area contributed by atoms with Crippen LogP contribution in [-0.2, 0) is 0 Å². The highest BCUT2D eigenvalue weighted by Crippen LogP contribution is 2.26. The van der Waals surface area contributed by atoms with Crippen molar-refractivity contribution in [2.45, 2.75) is 0 Å². The highest BCUT2D eigenvalue weighted by molar-refractivity contribution is 9.10. The SMILES string of the molecule is CSCCNc1ccc([N+](=O)[O-])cc1Br. The molecule has 0 heterocycles. The summed E-state index contributed by atoms with van der Waals surface area (Å²) in [5, 5.41) is 13.7. The topological polar surface area (TPSA) is 55.2 Å². The molecular weight excluding hydrogens is 280 g/mol. The average molecular weight is 291 g/mol. The van der Waals surface area contributed by atoms with Gasteiger partial charge < -0.3 is 5.32 Å². The first kappa shape index (κ1) is 12.3. The Balaban J connectivity index is 2.70. The lowest BCUT2D eigenvalue weighted by Crippen LogP contribution is -2.04. The minimum atomic E-state index is -0.406. The van der Waals surface area contributed by atoms with E-state index in [-0.39, 0.29) is 5.69 Å². The van der Waals surface area contributed by atoms with Crippen LogP contribution in [0.5, 0.6) is 0 Å². The molecule has 0 unspecified atom stereocenters. The molecule has 1 rings (SSSR count). The molecule has 82 valence electrons. The Labute approximate surface area is 101 Å². The van der Waals surface area contributed by atoms with Gasteiger partial charge in [0.2, 0.25) is 0 Å². The van der Waals surface area contributed by atoms with Gasteiger partial charge in [-0.25, -0.2) is 0 Å². The summed E-state index contributed by atoms with van der Waals surface area (Å²) in [5.74, 6) is 1.00. The second kappa shape index (κ2) is 5.97. The predicted octanol–water partition coefficient (Wildman–Crippen LogP) is 3.13. The Bertz CT molecular complexity index is 360. The Morgan fingerprint density at radius 1 is 1.60 bits per heavy atom. The zero-order valence-electron chi connectivity index (χ0n) is 8.20. The van der Waals surface area contributed by atoms with Crippen molar-refractivity contribution in [3.63, 3.8) is 0 Å². The molecule has 0 aliphatic rings. The fraction of sp³-hybridized carbons (Fsp3) is 0.333. The quantitative estimate of drug-likeness (QED) is 0.514. The fourth-order valence-electron chi connectivity index (χ4n) is 1.05. The first-order chi connectivity index (χ1) is 7.15. The fourth-order valence-corrected chi connectivity index (χ4v) is 1.86. The maximum atomic E-state index is 10.5. The van der Waals surface area contributed by atoms with Gasteiger partial charge in [0.25, 0.3) is 5.69 Å². The number of non-ortho nitro benzene ring substituents is 1. The Kier molecular flexibility index (Phi) is 4.90. The molecule has 1 N–H and O–H groups in total. The van der Waals surface area contributed by atoms with E-state index < -0.39 is 4.92 Å². The van der Waals surface area contributed by atoms with Crippen molar-refractivity contribution in [1.29, 1.82) is 0 Å². The zero-order chi connectivity index (χ0) is 11.3. The smallest absolute Gasteiger partial charge is 0.270 e. The van der Waals surface area contributed by atoms with Crippen molar-refractivity contribution in [2.75, 3.05) is 23.9 Å². The van der Waals surface area contributed by atoms with Crippen LogP contribution >= 0.6 is 27.7 Å². The number of nitro benzene ring substituents is 1. The van der Waals surface area contributed by atoms with E-state index in [0.717, 1.165) is 22.5 Å². The van der Waals surface area contributed by atoms with Crippen LogP contribution in [0, 0.1) is 10.1 Å². The van der Waals surface area contributed by atoms with Crippen molar-refractivity contribution < 1.29 is 4.92 Å². The Morgan fingerprint density at radius 3 is 2.87 bits per heavy atom. The monoisotopic (exact) mass is 290 g/mol. The van der Waals surface area contributed by atoms with Gasteiger partial charge in [-0.3, -0.25) is 10.1 Å². The maximum Gasteiger partial charge on any atom is 0.270 e. The second-order valence-corrected chi connectivity index (χ2v) is 4.68. The Hall–Kier alpha value is -0.750. The van der Waals surface area contributed by atoms with E-state index in [1.807, 2.05) is 6.26 Å². The summed E-state index contributed by atoms with van der Waals surface area (Å²) < 4.78 is 0.720. The number of nitrogens with zero attached hydrogens (tertiary/aromatic N) is 1. The number of nitrogens with one attached hydrogen (secondary N) is 1. The highest BCUT2D eigenvalue weighted by Gasteiger charge is 2.08. The molecule has 0 amide bonds. The number of halogens is 1. The van der Waals surface area contributed by atoms with Crippen LogP contribution < -0.4 is 5.32 Å². The van der Waals surface area contributed by atoms with Gasteiger partial charge in [0.1, 0.15) is 0 Å². The van der Waals surface area contributed by atoms with E-state index in [1.165, 1.54) is 12.1 Å². The number of anilines is 1. The number of hydrogen-bond acceptors (Lipinski definition) is 4. The third-order valence-electron chi connectivity index (χ3n) is 1.79. The van der Waals surface area contributed by atoms with E-state index in [0.29, 0.717) is 0 Å². The molecule has 1 aromatic rings. The molecule has 6 heteroatoms. The lowest BCUT2D eigenvalue weighted by Gasteiger charge is -2.06. The van der Waals surface area contributed by atoms with Crippen LogP contribution in [0.3, 0.4) is 0 Å². The van der Waals surface area contributed by atoms with Crippen LogP contribution in [0.1, 0.15) is 0 Å². The van der Waals surface area contributed by atoms with E-state index in [9.17, 15) is 10.1 Å². The summed E-state index contributed by atoms with van der Waals surface area (Å²) in [6.45, 7) is 0.845. The molecule has 0 aliphatic carbocycles. The summed E-state index contributed by atoms with van der Waals surface area (Å²) >= 11 is 5.04. The van der Waals surface area contributed by atoms with E-state index in [2.05, 4.69) is 21.2 Å². The van der Waals surface area contributed by atoms with Gasteiger partial charge in [-0.2, -0.15) is 11.8 Å². The molecule has 0 aromatic heterocycles. The van der Waals surface area contributed by atoms with Crippen LogP contribution in [0.2, 0.25) is 0 Å². The standard InChI is InChI=1S/C9H11BrN2O2S/c1-15-5-4-11-9-3-2-7(12(13)14)6-8(9)10/h2-3,6,11H,4-5H2,1H3. The van der Waals surface area contributed by atoms with Gasteiger partial charge in [-0.1, -0.05) is 0 Å². The van der Waals surface area contributed by atoms with Crippen molar-refractivity contribution in [3.8, 4) is 0 Å². The molecule has 0 fully saturated rings. The van der Waals surface area contributed by atoms with Gasteiger partial charge in [0, 0.05) is 34.6 Å². The van der Waals surface area contributed by atoms with Gasteiger partial charge in [-0.05, 0) is 28.3 Å². The number of nitro groups is 1. The molecule has 0 saturated heterocycles. The number of benzene rings is 1. The lowest BCUT2D eigenvalue weighted by molar-refractivity contribution is -0.384. The minimum Gasteiger partial charge on any atom is -0.383 e. The first-order valence-corrected chi connectivity index (χ1v) is 6.50. The minimum absolute atomic E-state index is 0.0947. The van der Waals surface area contributed by atoms with Gasteiger partial charge in [-0.15, -0.1) is 0 Å². The molecule has 4 nitrogen and oxygen atoms in total. The van der Waals surface area contributed by atoms with E-state index in [1.54, 1.807) is 17.8 Å². The molecule has 0 bridgehead atoms. The molecule has 0 aliphatic heterocycles. The third kappa shape index (κ3) is 3.71. The van der Waals surface area contributed by atoms with E-state index in [4.69, 9.17) is 0 Å². The van der Waals surface area contributed by atoms with Crippen LogP contribution in [-0.4, -0.2) is 23.5 Å². The molecule has 0 spiro atoms. The largest absolute Gasteiger partial charge is 0.383 e. The maximum absolute atomic E-state index is 10.5. The number of rotatable bonds is 5. The van der Waals surface area contributed by atoms with Gasteiger partial charge in [0.15, 0.2) is 0 Å². The zero-order valence-corrected chi connectivity index (χ0v) is 10.6. The summed E-state index contributed by atoms with van der Waals surface area (Å²) in [6, 6.07) is 4.70. The van der Waals surface area contributed by atoms with Crippen LogP contribution in [0.25, 0.3) is 0 Å². The molecule has 0 saturated carbocycles. The van der Waals surface area contributed by atoms with E-state index >= 15 is 0 Å². The number of hydrogen-bond donors (Lipinski definition) is 1. The summed E-state index contributed by atoms with van der Waals surface area (Å²) in [5.41, 5.74) is 0.979. The van der Waals surface area contributed by atoms with Crippen molar-refractivity contribution in [3.05, 3.63) is 32.8 Å². The Morgan fingerprint density at radius 2 is 2.33 bits per heavy atom. The summed E-state index contributed by atoms with van der Waals surface area (Å²) in [7, 11) is 0. The normalized spacial score (nSPS) is 10.0. The second-order valence-electron chi connectivity index (χ2n) is 2.84. The number of thioether (sulfide) groups is 1. The van der Waals surface area contributed by atoms with Gasteiger partial charge in [0.05, 0.1) is 4.92 Å². The summed E-state index contributed by atoms with van der Waals surface area (Å²) in [4.78, 5) is 10.1. The molecule has 1 aromatic carbocycles. The highest BCUT2D eigenvalue weighted by atomic mass is 79.9. The van der Waals surface area contributed by atoms with Gasteiger partial charge >= 0.3 is 0 Å². The van der Waals surface area contributed by atoms with Crippen molar-refractivity contribution in [1.82, 2.24) is 0 Å². The first-order valence-electron chi connectivity index (χ1n) is 4.32. The van der Waals surface area contributed by atoms with Crippen molar-refractivity contribution >= 4 is 39.1 Å². The summed E-state index contributed by atoms with van der Waals surface area (Å²) in [6.07, 6.45) is 2.03. The molecule has 0 radical (unpaired) electrons. The lowest BCUT2D eigenvalue weighted by atomic mass is 10.3. The van der Waals surface area contributed by atoms with Crippen LogP contribution in [0.15, 0.2) is 22.7 Å². The average Bonchev–Trinajstić information content (AvgIpc) is 2.20. The van der Waals surface area contributed by atoms with Crippen LogP contribution in [0.4, 0.5) is 11.4 Å². The molecule has 15 heavy (non-hydrogen) atoms.